The summed E-state index contributed by atoms with van der Waals surface area (Å²) in [6.45, 7) is 4.74. The first kappa shape index (κ1) is 33.8. The molecule has 4 nitrogen and oxygen atoms in total. The predicted octanol–water partition coefficient (Wildman–Crippen LogP) is 14.4. The Morgan fingerprint density at radius 3 is 1.60 bits per heavy atom. The Morgan fingerprint density at radius 1 is 0.371 bits per heavy atom. The maximum absolute atomic E-state index is 14.0. The summed E-state index contributed by atoms with van der Waals surface area (Å²) in [6.07, 6.45) is 0. The highest BCUT2D eigenvalue weighted by Gasteiger charge is 2.36. The van der Waals surface area contributed by atoms with E-state index in [1.165, 1.54) is 71.4 Å². The monoisotopic (exact) mass is 791 g/mol. The average molecular weight is 792 g/mol. The third-order valence-electron chi connectivity index (χ3n) is 14.2. The van der Waals surface area contributed by atoms with Gasteiger partial charge in [0.25, 0.3) is 5.56 Å². The lowest BCUT2D eigenvalue weighted by Crippen LogP contribution is -2.15. The lowest BCUT2D eigenvalue weighted by molar-refractivity contribution is 0.660. The molecule has 0 fully saturated rings. The van der Waals surface area contributed by atoms with Gasteiger partial charge < -0.3 is 9.13 Å². The van der Waals surface area contributed by atoms with E-state index in [9.17, 15) is 4.79 Å². The van der Waals surface area contributed by atoms with Crippen LogP contribution in [0.25, 0.3) is 115 Å². The fraction of sp³-hybridized carbons (Fsp3) is 0.0517. The standard InChI is InChI=1S/C58H37N3O/c1-58(2)47-32-35(34-24-28-51-46(31-34)42-20-12-19-41-38-15-6-7-16-43(38)57(62)61(51)56(41)42)23-26-39(47)40-27-25-37(33-48(40)58)60-50-22-11-9-18-45(50)55-53(60)30-29-52-54(55)44-17-8-10-21-49(44)59(52)36-13-4-3-5-14-36/h3-33H,1-2H3. The molecule has 0 spiro atoms. The number of rotatable bonds is 3. The second-order valence-electron chi connectivity index (χ2n) is 17.6. The number of pyridine rings is 1. The molecule has 13 aromatic rings. The van der Waals surface area contributed by atoms with Gasteiger partial charge in [-0.15, -0.1) is 0 Å². The summed E-state index contributed by atoms with van der Waals surface area (Å²) >= 11 is 0. The van der Waals surface area contributed by atoms with Crippen LogP contribution in [0.2, 0.25) is 0 Å². The van der Waals surface area contributed by atoms with E-state index < -0.39 is 0 Å². The van der Waals surface area contributed by atoms with E-state index in [4.69, 9.17) is 0 Å². The van der Waals surface area contributed by atoms with E-state index in [1.54, 1.807) is 0 Å². The molecular weight excluding hydrogens is 755 g/mol. The van der Waals surface area contributed by atoms with E-state index in [2.05, 4.69) is 193 Å². The molecule has 1 aliphatic rings. The topological polar surface area (TPSA) is 31.3 Å². The van der Waals surface area contributed by atoms with Crippen molar-refractivity contribution < 1.29 is 0 Å². The lowest BCUT2D eigenvalue weighted by atomic mass is 9.81. The van der Waals surface area contributed by atoms with Crippen molar-refractivity contribution in [2.45, 2.75) is 19.3 Å². The zero-order valence-electron chi connectivity index (χ0n) is 34.1. The zero-order valence-corrected chi connectivity index (χ0v) is 34.1. The maximum atomic E-state index is 14.0. The second kappa shape index (κ2) is 11.9. The molecule has 0 amide bonds. The second-order valence-corrected chi connectivity index (χ2v) is 17.6. The molecule has 290 valence electrons. The van der Waals surface area contributed by atoms with Crippen LogP contribution in [0.3, 0.4) is 0 Å². The Hall–Kier alpha value is -7.95. The smallest absolute Gasteiger partial charge is 0.263 e. The third kappa shape index (κ3) is 4.23. The summed E-state index contributed by atoms with van der Waals surface area (Å²) < 4.78 is 6.81. The lowest BCUT2D eigenvalue weighted by Gasteiger charge is -2.23. The first-order chi connectivity index (χ1) is 30.5. The van der Waals surface area contributed by atoms with Gasteiger partial charge in [0.05, 0.1) is 33.1 Å². The van der Waals surface area contributed by atoms with E-state index in [1.807, 2.05) is 22.6 Å². The molecule has 14 rings (SSSR count). The molecule has 0 aliphatic heterocycles. The Bertz CT molecular complexity index is 4140. The molecule has 0 N–H and O–H groups in total. The number of hydrogen-bond donors (Lipinski definition) is 0. The van der Waals surface area contributed by atoms with Crippen molar-refractivity contribution in [2.75, 3.05) is 0 Å². The van der Waals surface area contributed by atoms with Crippen molar-refractivity contribution in [2.24, 2.45) is 0 Å². The maximum Gasteiger partial charge on any atom is 0.263 e. The van der Waals surface area contributed by atoms with Crippen LogP contribution in [0, 0.1) is 0 Å². The fourth-order valence-corrected chi connectivity index (χ4v) is 11.4. The van der Waals surface area contributed by atoms with Crippen LogP contribution < -0.4 is 5.56 Å². The van der Waals surface area contributed by atoms with Crippen molar-refractivity contribution in [3.05, 3.63) is 210 Å². The Labute approximate surface area is 356 Å². The minimum absolute atomic E-state index is 0.0355. The number of benzene rings is 9. The average Bonchev–Trinajstić information content (AvgIpc) is 4.02. The quantitative estimate of drug-likeness (QED) is 0.164. The number of aromatic nitrogens is 3. The highest BCUT2D eigenvalue weighted by atomic mass is 16.1. The van der Waals surface area contributed by atoms with Crippen molar-refractivity contribution in [1.82, 2.24) is 13.5 Å². The largest absolute Gasteiger partial charge is 0.309 e. The number of fused-ring (bicyclic) bond motifs is 15. The van der Waals surface area contributed by atoms with Crippen molar-refractivity contribution in [3.63, 3.8) is 0 Å². The van der Waals surface area contributed by atoms with Gasteiger partial charge in [-0.2, -0.15) is 0 Å². The van der Waals surface area contributed by atoms with Crippen LogP contribution >= 0.6 is 0 Å². The molecule has 0 unspecified atom stereocenters. The fourth-order valence-electron chi connectivity index (χ4n) is 11.4. The molecular formula is C58H37N3O. The van der Waals surface area contributed by atoms with Gasteiger partial charge >= 0.3 is 0 Å². The zero-order chi connectivity index (χ0) is 41.0. The van der Waals surface area contributed by atoms with Gasteiger partial charge in [-0.3, -0.25) is 9.20 Å². The normalized spacial score (nSPS) is 13.5. The van der Waals surface area contributed by atoms with Gasteiger partial charge in [0.1, 0.15) is 0 Å². The number of para-hydroxylation sites is 4. The van der Waals surface area contributed by atoms with Gasteiger partial charge in [-0.05, 0) is 112 Å². The number of nitrogens with zero attached hydrogens (tertiary/aromatic N) is 3. The van der Waals surface area contributed by atoms with E-state index >= 15 is 0 Å². The van der Waals surface area contributed by atoms with Crippen LogP contribution in [0.5, 0.6) is 0 Å². The summed E-state index contributed by atoms with van der Waals surface area (Å²) in [4.78, 5) is 14.0. The van der Waals surface area contributed by atoms with Gasteiger partial charge in [-0.1, -0.05) is 129 Å². The Kier molecular flexibility index (Phi) is 6.48. The molecule has 9 aromatic carbocycles. The third-order valence-corrected chi connectivity index (χ3v) is 14.2. The molecule has 4 aromatic heterocycles. The Balaban J connectivity index is 0.924. The minimum atomic E-state index is -0.238. The molecule has 1 aliphatic carbocycles. The predicted molar refractivity (Wildman–Crippen MR) is 259 cm³/mol. The molecule has 4 heterocycles. The Morgan fingerprint density at radius 2 is 0.887 bits per heavy atom. The first-order valence-electron chi connectivity index (χ1n) is 21.5. The molecule has 0 saturated heterocycles. The van der Waals surface area contributed by atoms with Gasteiger partial charge in [0, 0.05) is 59.9 Å². The summed E-state index contributed by atoms with van der Waals surface area (Å²) in [7, 11) is 0. The van der Waals surface area contributed by atoms with Crippen LogP contribution in [0.1, 0.15) is 25.0 Å². The molecule has 0 atom stereocenters. The summed E-state index contributed by atoms with van der Waals surface area (Å²) in [5.74, 6) is 0. The SMILES string of the molecule is CC1(C)c2cc(-c3ccc4c(c3)c3cccc5c6ccccc6c(=O)n4c53)ccc2-c2ccc(-n3c4ccccc4c4c5c6ccccc6n(-c6ccccc6)c5ccc43)cc21. The molecule has 0 radical (unpaired) electrons. The first-order valence-corrected chi connectivity index (χ1v) is 21.5. The minimum Gasteiger partial charge on any atom is -0.309 e. The van der Waals surface area contributed by atoms with Crippen LogP contribution in [0.15, 0.2) is 193 Å². The van der Waals surface area contributed by atoms with Crippen LogP contribution in [0.4, 0.5) is 0 Å². The van der Waals surface area contributed by atoms with Crippen molar-refractivity contribution >= 4 is 81.6 Å². The van der Waals surface area contributed by atoms with Crippen molar-refractivity contribution in [1.29, 1.82) is 0 Å². The summed E-state index contributed by atoms with van der Waals surface area (Å²) in [5, 5.41) is 10.1. The molecule has 0 saturated carbocycles. The highest BCUT2D eigenvalue weighted by molar-refractivity contribution is 6.29. The van der Waals surface area contributed by atoms with E-state index in [-0.39, 0.29) is 11.0 Å². The summed E-state index contributed by atoms with van der Waals surface area (Å²) in [6, 6.07) is 68.1. The van der Waals surface area contributed by atoms with Gasteiger partial charge in [0.2, 0.25) is 0 Å². The molecule has 0 bridgehead atoms. The summed E-state index contributed by atoms with van der Waals surface area (Å²) in [5.41, 5.74) is 16.4. The van der Waals surface area contributed by atoms with Crippen LogP contribution in [-0.2, 0) is 5.41 Å². The highest BCUT2D eigenvalue weighted by Crippen LogP contribution is 2.51. The number of hydrogen-bond acceptors (Lipinski definition) is 1. The van der Waals surface area contributed by atoms with E-state index in [0.29, 0.717) is 0 Å². The molecule has 4 heteroatoms. The van der Waals surface area contributed by atoms with Gasteiger partial charge in [-0.25, -0.2) is 0 Å². The van der Waals surface area contributed by atoms with Gasteiger partial charge in [0.15, 0.2) is 0 Å². The molecule has 62 heavy (non-hydrogen) atoms. The van der Waals surface area contributed by atoms with Crippen molar-refractivity contribution in [3.8, 4) is 33.6 Å². The van der Waals surface area contributed by atoms with Crippen LogP contribution in [-0.4, -0.2) is 13.5 Å². The van der Waals surface area contributed by atoms with E-state index in [0.717, 1.165) is 54.9 Å².